The summed E-state index contributed by atoms with van der Waals surface area (Å²) in [5.41, 5.74) is 5.66. The summed E-state index contributed by atoms with van der Waals surface area (Å²) < 4.78 is 11.3. The lowest BCUT2D eigenvalue weighted by molar-refractivity contribution is -0.120. The fourth-order valence-corrected chi connectivity index (χ4v) is 4.08. The molecule has 0 bridgehead atoms. The molecule has 37 heavy (non-hydrogen) atoms. The molecule has 0 atom stereocenters. The number of hydrazone groups is 1. The number of hydrogen-bond donors (Lipinski definition) is 2. The third-order valence-electron chi connectivity index (χ3n) is 5.22. The van der Waals surface area contributed by atoms with Gasteiger partial charge in [0.1, 0.15) is 11.6 Å². The third kappa shape index (κ3) is 7.21. The minimum Gasteiger partial charge on any atom is -0.493 e. The fourth-order valence-electron chi connectivity index (χ4n) is 3.34. The Morgan fingerprint density at radius 2 is 1.78 bits per heavy atom. The van der Waals surface area contributed by atoms with Crippen LogP contribution in [0.15, 0.2) is 77.9 Å². The quantitative estimate of drug-likeness (QED) is 0.239. The summed E-state index contributed by atoms with van der Waals surface area (Å²) in [7, 11) is 1.56. The van der Waals surface area contributed by atoms with Gasteiger partial charge in [-0.15, -0.1) is 10.2 Å². The smallest absolute Gasteiger partial charge is 0.257 e. The number of benzene rings is 3. The highest BCUT2D eigenvalue weighted by Crippen LogP contribution is 2.28. The molecule has 4 rings (SSSR count). The maximum atomic E-state index is 12.4. The lowest BCUT2D eigenvalue weighted by Crippen LogP contribution is -2.19. The van der Waals surface area contributed by atoms with Gasteiger partial charge in [0.05, 0.1) is 19.7 Å². The van der Waals surface area contributed by atoms with Gasteiger partial charge < -0.3 is 9.47 Å². The van der Waals surface area contributed by atoms with Gasteiger partial charge in [0.2, 0.25) is 11.0 Å². The monoisotopic (exact) mass is 515 g/mol. The molecule has 0 radical (unpaired) electrons. The van der Waals surface area contributed by atoms with Gasteiger partial charge in [-0.05, 0) is 47.9 Å². The number of methoxy groups -OCH3 is 1. The first-order valence-electron chi connectivity index (χ1n) is 11.4. The van der Waals surface area contributed by atoms with E-state index in [0.29, 0.717) is 33.8 Å². The first-order chi connectivity index (χ1) is 18.0. The van der Waals surface area contributed by atoms with Crippen molar-refractivity contribution in [1.29, 1.82) is 0 Å². The first kappa shape index (κ1) is 25.5. The van der Waals surface area contributed by atoms with E-state index in [2.05, 4.69) is 26.0 Å². The third-order valence-corrected chi connectivity index (χ3v) is 6.06. The Morgan fingerprint density at radius 1 is 1.00 bits per heavy atom. The van der Waals surface area contributed by atoms with E-state index < -0.39 is 0 Å². The van der Waals surface area contributed by atoms with Crippen molar-refractivity contribution in [3.05, 3.63) is 100 Å². The van der Waals surface area contributed by atoms with Gasteiger partial charge in [-0.2, -0.15) is 5.10 Å². The average molecular weight is 516 g/mol. The van der Waals surface area contributed by atoms with E-state index >= 15 is 0 Å². The first-order valence-corrected chi connectivity index (χ1v) is 12.2. The normalized spacial score (nSPS) is 10.8. The van der Waals surface area contributed by atoms with Crippen molar-refractivity contribution in [2.75, 3.05) is 12.4 Å². The van der Waals surface area contributed by atoms with Crippen LogP contribution in [0.1, 0.15) is 32.1 Å². The zero-order valence-corrected chi connectivity index (χ0v) is 21.1. The SMILES string of the molecule is COc1cc(/C=N\NC(=O)Cc2nnc(NC(=O)c3ccccc3C)s2)ccc1OCc1ccccc1. The highest BCUT2D eigenvalue weighted by molar-refractivity contribution is 7.15. The van der Waals surface area contributed by atoms with Crippen molar-refractivity contribution >= 4 is 34.5 Å². The Kier molecular flexibility index (Phi) is 8.56. The minimum atomic E-state index is -0.362. The molecule has 0 saturated heterocycles. The summed E-state index contributed by atoms with van der Waals surface area (Å²) in [6.45, 7) is 2.28. The molecule has 0 fully saturated rings. The fraction of sp³-hybridized carbons (Fsp3) is 0.148. The van der Waals surface area contributed by atoms with Crippen molar-refractivity contribution in [2.45, 2.75) is 20.0 Å². The maximum Gasteiger partial charge on any atom is 0.257 e. The Labute approximate surface area is 218 Å². The topological polar surface area (TPSA) is 115 Å². The van der Waals surface area contributed by atoms with Gasteiger partial charge in [-0.25, -0.2) is 5.43 Å². The number of ether oxygens (including phenoxy) is 2. The number of nitrogens with zero attached hydrogens (tertiary/aromatic N) is 3. The van der Waals surface area contributed by atoms with Crippen LogP contribution >= 0.6 is 11.3 Å². The van der Waals surface area contributed by atoms with E-state index in [9.17, 15) is 9.59 Å². The van der Waals surface area contributed by atoms with Gasteiger partial charge in [-0.1, -0.05) is 59.9 Å². The molecule has 0 spiro atoms. The molecule has 1 aromatic heterocycles. The predicted octanol–water partition coefficient (Wildman–Crippen LogP) is 4.38. The number of nitrogens with one attached hydrogen (secondary N) is 2. The van der Waals surface area contributed by atoms with Gasteiger partial charge in [-0.3, -0.25) is 14.9 Å². The van der Waals surface area contributed by atoms with Crippen LogP contribution in [-0.2, 0) is 17.8 Å². The molecule has 2 amide bonds. The predicted molar refractivity (Wildman–Crippen MR) is 142 cm³/mol. The molecule has 3 aromatic carbocycles. The number of carbonyl (C=O) groups excluding carboxylic acids is 2. The number of aryl methyl sites for hydroxylation is 1. The summed E-state index contributed by atoms with van der Waals surface area (Å²) in [5, 5.41) is 15.4. The number of amides is 2. The molecule has 4 aromatic rings. The van der Waals surface area contributed by atoms with E-state index in [1.54, 1.807) is 31.4 Å². The molecule has 10 heteroatoms. The Hall–Kier alpha value is -4.57. The lowest BCUT2D eigenvalue weighted by atomic mass is 10.1. The van der Waals surface area contributed by atoms with Gasteiger partial charge >= 0.3 is 0 Å². The second kappa shape index (κ2) is 12.4. The summed E-state index contributed by atoms with van der Waals surface area (Å²) in [6.07, 6.45) is 1.49. The van der Waals surface area contributed by atoms with E-state index in [1.165, 1.54) is 6.21 Å². The molecular weight excluding hydrogens is 490 g/mol. The largest absolute Gasteiger partial charge is 0.493 e. The highest BCUT2D eigenvalue weighted by atomic mass is 32.1. The summed E-state index contributed by atoms with van der Waals surface area (Å²) in [6, 6.07) is 22.5. The van der Waals surface area contributed by atoms with Crippen LogP contribution < -0.4 is 20.2 Å². The molecular formula is C27H25N5O4S. The van der Waals surface area contributed by atoms with Gasteiger partial charge in [0.15, 0.2) is 11.5 Å². The molecule has 0 aliphatic rings. The average Bonchev–Trinajstić information content (AvgIpc) is 3.34. The van der Waals surface area contributed by atoms with Crippen molar-refractivity contribution in [2.24, 2.45) is 5.10 Å². The number of carbonyl (C=O) groups is 2. The van der Waals surface area contributed by atoms with Crippen molar-refractivity contribution in [3.8, 4) is 11.5 Å². The molecule has 0 aliphatic heterocycles. The van der Waals surface area contributed by atoms with E-state index in [0.717, 1.165) is 28.0 Å². The van der Waals surface area contributed by atoms with Crippen molar-refractivity contribution < 1.29 is 19.1 Å². The van der Waals surface area contributed by atoms with Crippen molar-refractivity contribution in [1.82, 2.24) is 15.6 Å². The van der Waals surface area contributed by atoms with Crippen LogP contribution in [0.4, 0.5) is 5.13 Å². The van der Waals surface area contributed by atoms with Crippen molar-refractivity contribution in [3.63, 3.8) is 0 Å². The Morgan fingerprint density at radius 3 is 2.57 bits per heavy atom. The number of anilines is 1. The second-order valence-electron chi connectivity index (χ2n) is 7.92. The van der Waals surface area contributed by atoms with Crippen LogP contribution in [0.25, 0.3) is 0 Å². The standard InChI is InChI=1S/C27H25N5O4S/c1-18-8-6-7-11-21(18)26(34)29-27-32-31-25(37-27)15-24(33)30-28-16-20-12-13-22(23(14-20)35-2)36-17-19-9-4-3-5-10-19/h3-14,16H,15,17H2,1-2H3,(H,30,33)(H,29,32,34)/b28-16-. The highest BCUT2D eigenvalue weighted by Gasteiger charge is 2.13. The van der Waals surface area contributed by atoms with Gasteiger partial charge in [0.25, 0.3) is 5.91 Å². The van der Waals surface area contributed by atoms with E-state index in [1.807, 2.05) is 55.5 Å². The zero-order valence-electron chi connectivity index (χ0n) is 20.3. The summed E-state index contributed by atoms with van der Waals surface area (Å²) in [5.74, 6) is 0.523. The molecule has 0 aliphatic carbocycles. The molecule has 0 saturated carbocycles. The molecule has 188 valence electrons. The molecule has 9 nitrogen and oxygen atoms in total. The Bertz CT molecular complexity index is 1400. The minimum absolute atomic E-state index is 0.0230. The molecule has 0 unspecified atom stereocenters. The molecule has 1 heterocycles. The van der Waals surface area contributed by atoms with Crippen LogP contribution in [0.3, 0.4) is 0 Å². The van der Waals surface area contributed by atoms with E-state index in [4.69, 9.17) is 9.47 Å². The van der Waals surface area contributed by atoms with E-state index in [-0.39, 0.29) is 18.2 Å². The van der Waals surface area contributed by atoms with Crippen LogP contribution in [0.2, 0.25) is 0 Å². The number of rotatable bonds is 10. The van der Waals surface area contributed by atoms with Crippen LogP contribution in [0.5, 0.6) is 11.5 Å². The summed E-state index contributed by atoms with van der Waals surface area (Å²) >= 11 is 1.13. The van der Waals surface area contributed by atoms with Gasteiger partial charge in [0, 0.05) is 5.56 Å². The second-order valence-corrected chi connectivity index (χ2v) is 8.99. The summed E-state index contributed by atoms with van der Waals surface area (Å²) in [4.78, 5) is 24.7. The number of hydrogen-bond acceptors (Lipinski definition) is 8. The number of aromatic nitrogens is 2. The Balaban J connectivity index is 1.28. The maximum absolute atomic E-state index is 12.4. The molecule has 2 N–H and O–H groups in total. The van der Waals surface area contributed by atoms with Crippen LogP contribution in [-0.4, -0.2) is 35.3 Å². The van der Waals surface area contributed by atoms with Crippen LogP contribution in [0, 0.1) is 6.92 Å². The zero-order chi connectivity index (χ0) is 26.0. The lowest BCUT2D eigenvalue weighted by Gasteiger charge is -2.11.